The van der Waals surface area contributed by atoms with Crippen molar-refractivity contribution in [2.75, 3.05) is 11.4 Å². The third kappa shape index (κ3) is 3.97. The number of amidine groups is 1. The van der Waals surface area contributed by atoms with Gasteiger partial charge in [-0.15, -0.1) is 11.3 Å². The largest absolute Gasteiger partial charge is 0.480 e. The maximum Gasteiger partial charge on any atom is 0.323 e. The molecule has 10 heteroatoms. The number of carbonyl (C=O) groups excluding carboxylic acids is 2. The van der Waals surface area contributed by atoms with Crippen molar-refractivity contribution in [3.63, 3.8) is 0 Å². The van der Waals surface area contributed by atoms with Gasteiger partial charge in [0.1, 0.15) is 6.54 Å². The number of benzene rings is 1. The molecular formula is C23H22N4O4S2. The van der Waals surface area contributed by atoms with E-state index in [-0.39, 0.29) is 17.5 Å². The van der Waals surface area contributed by atoms with E-state index in [1.165, 1.54) is 28.0 Å². The Balaban J connectivity index is 1.62. The second kappa shape index (κ2) is 8.75. The number of fused-ring (bicyclic) bond motifs is 1. The molecule has 33 heavy (non-hydrogen) atoms. The van der Waals surface area contributed by atoms with E-state index in [1.807, 2.05) is 12.3 Å². The van der Waals surface area contributed by atoms with Gasteiger partial charge in [0.2, 0.25) is 5.13 Å². The summed E-state index contributed by atoms with van der Waals surface area (Å²) < 4.78 is 0. The molecule has 0 unspecified atom stereocenters. The van der Waals surface area contributed by atoms with Gasteiger partial charge in [0.05, 0.1) is 21.9 Å². The van der Waals surface area contributed by atoms with Gasteiger partial charge < -0.3 is 5.11 Å². The summed E-state index contributed by atoms with van der Waals surface area (Å²) in [6.07, 6.45) is 5.01. The van der Waals surface area contributed by atoms with E-state index in [0.717, 1.165) is 37.8 Å². The smallest absolute Gasteiger partial charge is 0.323 e. The summed E-state index contributed by atoms with van der Waals surface area (Å²) in [5.41, 5.74) is 2.20. The topological polar surface area (TPSA) is 103 Å². The van der Waals surface area contributed by atoms with Gasteiger partial charge in [0.25, 0.3) is 11.8 Å². The summed E-state index contributed by atoms with van der Waals surface area (Å²) in [7, 11) is 0. The number of aryl methyl sites for hydroxylation is 1. The predicted molar refractivity (Wildman–Crippen MR) is 129 cm³/mol. The molecule has 2 aromatic rings. The van der Waals surface area contributed by atoms with Crippen molar-refractivity contribution < 1.29 is 19.5 Å². The van der Waals surface area contributed by atoms with Crippen LogP contribution in [0.25, 0.3) is 5.57 Å². The summed E-state index contributed by atoms with van der Waals surface area (Å²) in [6.45, 7) is 1.43. The van der Waals surface area contributed by atoms with Gasteiger partial charge >= 0.3 is 5.97 Å². The molecule has 1 N–H and O–H groups in total. The van der Waals surface area contributed by atoms with Crippen LogP contribution in [0.2, 0.25) is 0 Å². The number of aromatic nitrogens is 1. The van der Waals surface area contributed by atoms with Gasteiger partial charge in [-0.05, 0) is 37.6 Å². The lowest BCUT2D eigenvalue weighted by Crippen LogP contribution is -2.40. The molecule has 170 valence electrons. The maximum absolute atomic E-state index is 13.7. The van der Waals surface area contributed by atoms with E-state index in [4.69, 9.17) is 4.99 Å². The molecule has 1 saturated heterocycles. The minimum atomic E-state index is -1.11. The van der Waals surface area contributed by atoms with Crippen LogP contribution in [0.5, 0.6) is 0 Å². The number of rotatable bonds is 4. The molecule has 1 aromatic carbocycles. The molecule has 8 nitrogen and oxygen atoms in total. The molecule has 2 fully saturated rings. The Labute approximate surface area is 199 Å². The minimum absolute atomic E-state index is 0.0264. The third-order valence-electron chi connectivity index (χ3n) is 5.99. The Hall–Kier alpha value is -2.98. The molecule has 2 aliphatic heterocycles. The lowest BCUT2D eigenvalue weighted by atomic mass is 9.94. The van der Waals surface area contributed by atoms with Crippen LogP contribution in [0.4, 0.5) is 10.8 Å². The number of thioether (sulfide) groups is 1. The van der Waals surface area contributed by atoms with Crippen LogP contribution in [-0.4, -0.2) is 50.5 Å². The zero-order valence-electron chi connectivity index (χ0n) is 18.0. The number of anilines is 1. The van der Waals surface area contributed by atoms with Gasteiger partial charge in [0.15, 0.2) is 5.17 Å². The molecule has 0 radical (unpaired) electrons. The monoisotopic (exact) mass is 482 g/mol. The van der Waals surface area contributed by atoms with Crippen LogP contribution in [0.15, 0.2) is 39.5 Å². The maximum atomic E-state index is 13.7. The summed E-state index contributed by atoms with van der Waals surface area (Å²) in [5.74, 6) is -1.82. The third-order valence-corrected chi connectivity index (χ3v) is 7.90. The molecule has 5 rings (SSSR count). The first-order valence-electron chi connectivity index (χ1n) is 10.8. The molecule has 1 aromatic heterocycles. The van der Waals surface area contributed by atoms with Crippen LogP contribution in [0.1, 0.15) is 43.4 Å². The Morgan fingerprint density at radius 1 is 1.18 bits per heavy atom. The second-order valence-electron chi connectivity index (χ2n) is 8.24. The number of aliphatic carboxylic acids is 1. The van der Waals surface area contributed by atoms with E-state index >= 15 is 0 Å². The lowest BCUT2D eigenvalue weighted by molar-refractivity contribution is -0.136. The van der Waals surface area contributed by atoms with Gasteiger partial charge in [-0.2, -0.15) is 4.99 Å². The first kappa shape index (κ1) is 21.8. The summed E-state index contributed by atoms with van der Waals surface area (Å²) in [4.78, 5) is 50.9. The van der Waals surface area contributed by atoms with Crippen molar-refractivity contribution in [1.29, 1.82) is 0 Å². The van der Waals surface area contributed by atoms with Crippen LogP contribution < -0.4 is 4.90 Å². The van der Waals surface area contributed by atoms with Gasteiger partial charge in [0, 0.05) is 17.0 Å². The molecule has 2 amide bonds. The van der Waals surface area contributed by atoms with Crippen LogP contribution >= 0.6 is 23.1 Å². The van der Waals surface area contributed by atoms with Gasteiger partial charge in [-0.25, -0.2) is 4.98 Å². The second-order valence-corrected chi connectivity index (χ2v) is 10.1. The Morgan fingerprint density at radius 3 is 2.64 bits per heavy atom. The van der Waals surface area contributed by atoms with Crippen molar-refractivity contribution in [3.8, 4) is 0 Å². The number of hydrogen-bond donors (Lipinski definition) is 1. The Bertz CT molecular complexity index is 1210. The number of carboxylic acid groups (broad SMARTS) is 1. The van der Waals surface area contributed by atoms with E-state index < -0.39 is 18.4 Å². The summed E-state index contributed by atoms with van der Waals surface area (Å²) >= 11 is 2.60. The number of amides is 2. The van der Waals surface area contributed by atoms with Crippen molar-refractivity contribution in [3.05, 3.63) is 45.8 Å². The highest BCUT2D eigenvalue weighted by molar-refractivity contribution is 8.18. The molecule has 1 saturated carbocycles. The molecule has 3 heterocycles. The normalized spacial score (nSPS) is 22.5. The van der Waals surface area contributed by atoms with Crippen molar-refractivity contribution >= 4 is 62.4 Å². The fraction of sp³-hybridized carbons (Fsp3) is 0.348. The number of carboxylic acids is 1. The highest BCUT2D eigenvalue weighted by atomic mass is 32.2. The molecular weight excluding hydrogens is 460 g/mol. The number of aliphatic imine (C=N–C) groups is 1. The Morgan fingerprint density at radius 2 is 1.94 bits per heavy atom. The molecule has 1 aliphatic carbocycles. The predicted octanol–water partition coefficient (Wildman–Crippen LogP) is 4.19. The first-order valence-corrected chi connectivity index (χ1v) is 12.5. The quantitative estimate of drug-likeness (QED) is 0.656. The zero-order valence-corrected chi connectivity index (χ0v) is 19.6. The number of carbonyl (C=O) groups is 3. The van der Waals surface area contributed by atoms with Gasteiger partial charge in [-0.1, -0.05) is 37.5 Å². The van der Waals surface area contributed by atoms with E-state index in [0.29, 0.717) is 26.5 Å². The SMILES string of the molecule is Cc1csc(/N=C2/S/C(=C3\C(=O)N(CC(=O)O)c4ccccc43)C(=O)N2C2CCCCC2)n1. The number of thiazole rings is 1. The average molecular weight is 483 g/mol. The fourth-order valence-electron chi connectivity index (χ4n) is 4.54. The average Bonchev–Trinajstić information content (AvgIpc) is 3.43. The molecule has 0 atom stereocenters. The molecule has 0 bridgehead atoms. The van der Waals surface area contributed by atoms with Crippen molar-refractivity contribution in [2.24, 2.45) is 4.99 Å². The molecule has 0 spiro atoms. The number of nitrogens with zero attached hydrogens (tertiary/aromatic N) is 4. The number of hydrogen-bond acceptors (Lipinski definition) is 7. The van der Waals surface area contributed by atoms with Crippen molar-refractivity contribution in [1.82, 2.24) is 9.88 Å². The van der Waals surface area contributed by atoms with E-state index in [2.05, 4.69) is 4.98 Å². The minimum Gasteiger partial charge on any atom is -0.480 e. The highest BCUT2D eigenvalue weighted by Crippen LogP contribution is 2.46. The van der Waals surface area contributed by atoms with Crippen LogP contribution in [-0.2, 0) is 14.4 Å². The molecule has 3 aliphatic rings. The van der Waals surface area contributed by atoms with E-state index in [1.54, 1.807) is 29.2 Å². The lowest BCUT2D eigenvalue weighted by Gasteiger charge is -2.30. The van der Waals surface area contributed by atoms with Crippen LogP contribution in [0.3, 0.4) is 0 Å². The highest BCUT2D eigenvalue weighted by Gasteiger charge is 2.45. The van der Waals surface area contributed by atoms with Gasteiger partial charge in [-0.3, -0.25) is 24.2 Å². The van der Waals surface area contributed by atoms with E-state index in [9.17, 15) is 19.5 Å². The fourth-order valence-corrected chi connectivity index (χ4v) is 6.39. The number of para-hydroxylation sites is 1. The van der Waals surface area contributed by atoms with Crippen molar-refractivity contribution in [2.45, 2.75) is 45.1 Å². The summed E-state index contributed by atoms with van der Waals surface area (Å²) in [5, 5.41) is 12.3. The van der Waals surface area contributed by atoms with Crippen LogP contribution in [0, 0.1) is 6.92 Å². The summed E-state index contributed by atoms with van der Waals surface area (Å²) in [6, 6.07) is 7.03. The Kier molecular flexibility index (Phi) is 5.79. The standard InChI is InChI=1S/C23H22N4O4S2/c1-13-12-32-22(24-13)25-23-27(14-7-3-2-4-8-14)21(31)19(33-23)18-15-9-5-6-10-16(15)26(20(18)30)11-17(28)29/h5-6,9-10,12,14H,2-4,7-8,11H2,1H3,(H,28,29)/b19-18-,25-23+. The zero-order chi connectivity index (χ0) is 23.1. The first-order chi connectivity index (χ1) is 15.9.